The highest BCUT2D eigenvalue weighted by atomic mass is 28.4. The van der Waals surface area contributed by atoms with E-state index in [1.54, 1.807) is 0 Å². The molecule has 0 saturated carbocycles. The van der Waals surface area contributed by atoms with Crippen molar-refractivity contribution in [1.29, 1.82) is 0 Å². The van der Waals surface area contributed by atoms with Gasteiger partial charge in [-0.05, 0) is 25.1 Å². The van der Waals surface area contributed by atoms with Gasteiger partial charge in [0.2, 0.25) is 0 Å². The Labute approximate surface area is 114 Å². The van der Waals surface area contributed by atoms with Crippen LogP contribution >= 0.6 is 0 Å². The SMILES string of the molecule is CC(CO[N+](=O)[O-])(CO[Si](C)(C)C(C)(C)C)C(=O)O. The molecule has 1 atom stereocenters. The molecule has 7 nitrogen and oxygen atoms in total. The molecular formula is C11H23NO6Si. The first kappa shape index (κ1) is 17.8. The summed E-state index contributed by atoms with van der Waals surface area (Å²) in [6.07, 6.45) is 0. The maximum Gasteiger partial charge on any atom is 0.313 e. The molecule has 112 valence electrons. The van der Waals surface area contributed by atoms with Crippen molar-refractivity contribution in [3.8, 4) is 0 Å². The Morgan fingerprint density at radius 3 is 2.05 bits per heavy atom. The topological polar surface area (TPSA) is 98.9 Å². The summed E-state index contributed by atoms with van der Waals surface area (Å²) in [6, 6.07) is 0. The van der Waals surface area contributed by atoms with Gasteiger partial charge in [0.1, 0.15) is 12.0 Å². The molecule has 0 aromatic heterocycles. The Balaban J connectivity index is 4.78. The molecule has 0 aliphatic carbocycles. The minimum absolute atomic E-state index is 0.0592. The lowest BCUT2D eigenvalue weighted by atomic mass is 9.94. The lowest BCUT2D eigenvalue weighted by Crippen LogP contribution is -2.47. The Hall–Kier alpha value is -1.15. The van der Waals surface area contributed by atoms with Crippen molar-refractivity contribution in [3.63, 3.8) is 0 Å². The Morgan fingerprint density at radius 2 is 1.74 bits per heavy atom. The van der Waals surface area contributed by atoms with E-state index < -0.39 is 31.4 Å². The van der Waals surface area contributed by atoms with Crippen LogP contribution in [0.25, 0.3) is 0 Å². The number of aliphatic carboxylic acids is 1. The van der Waals surface area contributed by atoms with Crippen LogP contribution in [0, 0.1) is 15.5 Å². The highest BCUT2D eigenvalue weighted by molar-refractivity contribution is 6.74. The van der Waals surface area contributed by atoms with Crippen molar-refractivity contribution in [3.05, 3.63) is 10.1 Å². The van der Waals surface area contributed by atoms with Gasteiger partial charge in [-0.3, -0.25) is 4.79 Å². The fraction of sp³-hybridized carbons (Fsp3) is 0.909. The van der Waals surface area contributed by atoms with Crippen molar-refractivity contribution in [1.82, 2.24) is 0 Å². The maximum absolute atomic E-state index is 11.2. The minimum Gasteiger partial charge on any atom is -0.481 e. The second-order valence-electron chi connectivity index (χ2n) is 6.41. The van der Waals surface area contributed by atoms with Crippen LogP contribution in [-0.4, -0.2) is 37.7 Å². The lowest BCUT2D eigenvalue weighted by Gasteiger charge is -2.38. The third-order valence-electron chi connectivity index (χ3n) is 3.56. The molecule has 8 heteroatoms. The van der Waals surface area contributed by atoms with E-state index in [0.29, 0.717) is 0 Å². The zero-order valence-corrected chi connectivity index (χ0v) is 13.3. The van der Waals surface area contributed by atoms with E-state index >= 15 is 0 Å². The van der Waals surface area contributed by atoms with Crippen molar-refractivity contribution in [2.45, 2.75) is 45.8 Å². The predicted octanol–water partition coefficient (Wildman–Crippen LogP) is 2.31. The molecule has 0 aliphatic heterocycles. The third kappa shape index (κ3) is 5.15. The van der Waals surface area contributed by atoms with Gasteiger partial charge >= 0.3 is 5.97 Å². The van der Waals surface area contributed by atoms with Gasteiger partial charge in [-0.15, -0.1) is 10.1 Å². The highest BCUT2D eigenvalue weighted by Crippen LogP contribution is 2.37. The van der Waals surface area contributed by atoms with Crippen molar-refractivity contribution in [2.75, 3.05) is 13.2 Å². The Bertz CT molecular complexity index is 352. The second kappa shape index (κ2) is 5.87. The first-order valence-electron chi connectivity index (χ1n) is 5.96. The number of carbonyl (C=O) groups is 1. The second-order valence-corrected chi connectivity index (χ2v) is 11.2. The fourth-order valence-electron chi connectivity index (χ4n) is 0.917. The van der Waals surface area contributed by atoms with E-state index in [2.05, 4.69) is 4.84 Å². The van der Waals surface area contributed by atoms with E-state index in [1.807, 2.05) is 33.9 Å². The van der Waals surface area contributed by atoms with Crippen LogP contribution in [0.1, 0.15) is 27.7 Å². The largest absolute Gasteiger partial charge is 0.481 e. The first-order valence-corrected chi connectivity index (χ1v) is 8.87. The summed E-state index contributed by atoms with van der Waals surface area (Å²) < 4.78 is 5.81. The molecule has 0 fully saturated rings. The van der Waals surface area contributed by atoms with Crippen LogP contribution in [-0.2, 0) is 14.1 Å². The van der Waals surface area contributed by atoms with E-state index in [-0.39, 0.29) is 11.6 Å². The average molecular weight is 293 g/mol. The normalized spacial score (nSPS) is 15.7. The summed E-state index contributed by atoms with van der Waals surface area (Å²) in [5.74, 6) is -1.17. The molecule has 0 aromatic rings. The smallest absolute Gasteiger partial charge is 0.313 e. The average Bonchev–Trinajstić information content (AvgIpc) is 2.21. The van der Waals surface area contributed by atoms with Crippen LogP contribution in [0.4, 0.5) is 0 Å². The van der Waals surface area contributed by atoms with Gasteiger partial charge in [-0.2, -0.15) is 0 Å². The lowest BCUT2D eigenvalue weighted by molar-refractivity contribution is -0.760. The summed E-state index contributed by atoms with van der Waals surface area (Å²) in [6.45, 7) is 10.8. The minimum atomic E-state index is -2.11. The molecule has 1 N–H and O–H groups in total. The van der Waals surface area contributed by atoms with Gasteiger partial charge in [0, 0.05) is 0 Å². The van der Waals surface area contributed by atoms with Crippen molar-refractivity contribution in [2.24, 2.45) is 5.41 Å². The van der Waals surface area contributed by atoms with E-state index in [4.69, 9.17) is 4.43 Å². The zero-order valence-electron chi connectivity index (χ0n) is 12.3. The molecule has 0 aliphatic rings. The molecule has 0 heterocycles. The summed E-state index contributed by atoms with van der Waals surface area (Å²) in [4.78, 5) is 25.6. The van der Waals surface area contributed by atoms with Gasteiger partial charge in [0.25, 0.3) is 5.09 Å². The monoisotopic (exact) mass is 293 g/mol. The maximum atomic E-state index is 11.2. The molecule has 0 bridgehead atoms. The van der Waals surface area contributed by atoms with Crippen molar-refractivity contribution < 1.29 is 24.3 Å². The highest BCUT2D eigenvalue weighted by Gasteiger charge is 2.42. The number of carboxylic acid groups (broad SMARTS) is 1. The molecular weight excluding hydrogens is 270 g/mol. The molecule has 19 heavy (non-hydrogen) atoms. The van der Waals surface area contributed by atoms with Crippen molar-refractivity contribution >= 4 is 14.3 Å². The van der Waals surface area contributed by atoms with Crippen LogP contribution in [0.3, 0.4) is 0 Å². The summed E-state index contributed by atoms with van der Waals surface area (Å²) in [5, 5.41) is 18.3. The summed E-state index contributed by atoms with van der Waals surface area (Å²) >= 11 is 0. The molecule has 0 aromatic carbocycles. The summed E-state index contributed by atoms with van der Waals surface area (Å²) in [7, 11) is -2.11. The number of carboxylic acids is 1. The van der Waals surface area contributed by atoms with Gasteiger partial charge in [0.05, 0.1) is 6.61 Å². The zero-order chi connectivity index (χ0) is 15.5. The van der Waals surface area contributed by atoms with E-state index in [9.17, 15) is 20.0 Å². The van der Waals surface area contributed by atoms with Crippen LogP contribution < -0.4 is 0 Å². The van der Waals surface area contributed by atoms with Gasteiger partial charge in [-0.1, -0.05) is 20.8 Å². The molecule has 0 spiro atoms. The number of hydrogen-bond acceptors (Lipinski definition) is 5. The number of rotatable bonds is 7. The van der Waals surface area contributed by atoms with Gasteiger partial charge < -0.3 is 14.4 Å². The molecule has 0 amide bonds. The number of nitrogens with zero attached hydrogens (tertiary/aromatic N) is 1. The third-order valence-corrected chi connectivity index (χ3v) is 8.04. The molecule has 0 rings (SSSR count). The van der Waals surface area contributed by atoms with Gasteiger partial charge in [-0.25, -0.2) is 0 Å². The van der Waals surface area contributed by atoms with Crippen LogP contribution in [0.2, 0.25) is 18.1 Å². The first-order chi connectivity index (χ1) is 8.32. The standard InChI is InChI=1S/C11H23NO6Si/c1-10(2,3)19(5,6)18-8-11(4,9(13)14)7-17-12(15)16/h7-8H2,1-6H3,(H,13,14). The predicted molar refractivity (Wildman–Crippen MR) is 71.8 cm³/mol. The Morgan fingerprint density at radius 1 is 1.26 bits per heavy atom. The Kier molecular flexibility index (Phi) is 5.51. The van der Waals surface area contributed by atoms with Gasteiger partial charge in [0.15, 0.2) is 8.32 Å². The van der Waals surface area contributed by atoms with Crippen LogP contribution in [0.15, 0.2) is 0 Å². The molecule has 0 radical (unpaired) electrons. The molecule has 0 saturated heterocycles. The van der Waals surface area contributed by atoms with Crippen LogP contribution in [0.5, 0.6) is 0 Å². The number of hydrogen-bond donors (Lipinski definition) is 1. The quantitative estimate of drug-likeness (QED) is 0.439. The van der Waals surface area contributed by atoms with E-state index in [1.165, 1.54) is 6.92 Å². The fourth-order valence-corrected chi connectivity index (χ4v) is 2.03. The van der Waals surface area contributed by atoms with E-state index in [0.717, 1.165) is 0 Å². The summed E-state index contributed by atoms with van der Waals surface area (Å²) in [5.41, 5.74) is -1.43. The molecule has 1 unspecified atom stereocenters.